The predicted molar refractivity (Wildman–Crippen MR) is 108 cm³/mol. The van der Waals surface area contributed by atoms with Crippen LogP contribution in [0.3, 0.4) is 0 Å². The number of hydrogen-bond acceptors (Lipinski definition) is 3. The molecule has 0 aromatic heterocycles. The van der Waals surface area contributed by atoms with Crippen molar-refractivity contribution in [1.29, 1.82) is 0 Å². The zero-order valence-corrected chi connectivity index (χ0v) is 15.3. The summed E-state index contributed by atoms with van der Waals surface area (Å²) in [4.78, 5) is 0.346. The molecule has 3 nitrogen and oxygen atoms in total. The highest BCUT2D eigenvalue weighted by atomic mass is 32.2. The maximum atomic E-state index is 11.5. The van der Waals surface area contributed by atoms with E-state index in [0.29, 0.717) is 11.4 Å². The fourth-order valence-electron chi connectivity index (χ4n) is 3.11. The van der Waals surface area contributed by atoms with Gasteiger partial charge in [-0.2, -0.15) is 0 Å². The molecule has 0 spiro atoms. The van der Waals surface area contributed by atoms with Gasteiger partial charge in [-0.1, -0.05) is 42.5 Å². The van der Waals surface area contributed by atoms with Gasteiger partial charge in [0.15, 0.2) is 9.84 Å². The van der Waals surface area contributed by atoms with Gasteiger partial charge in [0.05, 0.1) is 4.90 Å². The molecule has 0 saturated heterocycles. The molecule has 0 heterocycles. The molecule has 0 saturated carbocycles. The monoisotopic (exact) mass is 361 g/mol. The highest BCUT2D eigenvalue weighted by Crippen LogP contribution is 2.25. The molecule has 0 unspecified atom stereocenters. The van der Waals surface area contributed by atoms with E-state index in [2.05, 4.69) is 59.9 Å². The number of benzene rings is 4. The lowest BCUT2D eigenvalue weighted by Gasteiger charge is -2.09. The van der Waals surface area contributed by atoms with Gasteiger partial charge in [0.25, 0.3) is 0 Å². The summed E-state index contributed by atoms with van der Waals surface area (Å²) in [6, 6.07) is 26.1. The van der Waals surface area contributed by atoms with Gasteiger partial charge in [-0.15, -0.1) is 0 Å². The van der Waals surface area contributed by atoms with Gasteiger partial charge >= 0.3 is 0 Å². The minimum absolute atomic E-state index is 0.346. The first-order valence-corrected chi connectivity index (χ1v) is 10.3. The molecular weight excluding hydrogens is 342 g/mol. The van der Waals surface area contributed by atoms with Crippen LogP contribution in [-0.2, 0) is 16.4 Å². The molecule has 4 aromatic rings. The Morgan fingerprint density at radius 2 is 1.35 bits per heavy atom. The molecular formula is C22H19NO2S. The second kappa shape index (κ2) is 6.46. The summed E-state index contributed by atoms with van der Waals surface area (Å²) < 4.78 is 23.1. The Hall–Kier alpha value is -2.85. The Morgan fingerprint density at radius 3 is 2.00 bits per heavy atom. The molecule has 0 aliphatic carbocycles. The zero-order valence-electron chi connectivity index (χ0n) is 14.4. The SMILES string of the molecule is CS(=O)(=O)c1ccc(CNc2ccc3cc4ccccc4cc3c2)cc1. The Balaban J connectivity index is 1.56. The second-order valence-corrected chi connectivity index (χ2v) is 8.55. The summed E-state index contributed by atoms with van der Waals surface area (Å²) in [5, 5.41) is 8.29. The number of hydrogen-bond donors (Lipinski definition) is 1. The van der Waals surface area contributed by atoms with Crippen molar-refractivity contribution >= 4 is 37.1 Å². The molecule has 0 bridgehead atoms. The van der Waals surface area contributed by atoms with Crippen LogP contribution in [0.5, 0.6) is 0 Å². The van der Waals surface area contributed by atoms with Crippen LogP contribution in [0, 0.1) is 0 Å². The van der Waals surface area contributed by atoms with E-state index in [9.17, 15) is 8.42 Å². The van der Waals surface area contributed by atoms with Crippen molar-refractivity contribution in [2.24, 2.45) is 0 Å². The van der Waals surface area contributed by atoms with Gasteiger partial charge in [0.1, 0.15) is 0 Å². The van der Waals surface area contributed by atoms with Crippen molar-refractivity contribution in [3.05, 3.63) is 84.4 Å². The van der Waals surface area contributed by atoms with Crippen LogP contribution < -0.4 is 5.32 Å². The van der Waals surface area contributed by atoms with Crippen molar-refractivity contribution in [2.75, 3.05) is 11.6 Å². The predicted octanol–water partition coefficient (Wildman–Crippen LogP) is 5.01. The van der Waals surface area contributed by atoms with Gasteiger partial charge in [0.2, 0.25) is 0 Å². The highest BCUT2D eigenvalue weighted by molar-refractivity contribution is 7.90. The Labute approximate surface area is 153 Å². The van der Waals surface area contributed by atoms with Gasteiger partial charge in [-0.05, 0) is 63.5 Å². The van der Waals surface area contributed by atoms with Crippen LogP contribution in [0.15, 0.2) is 83.8 Å². The quantitative estimate of drug-likeness (QED) is 0.520. The lowest BCUT2D eigenvalue weighted by molar-refractivity contribution is 0.602. The average Bonchev–Trinajstić information content (AvgIpc) is 2.64. The van der Waals surface area contributed by atoms with Crippen molar-refractivity contribution < 1.29 is 8.42 Å². The highest BCUT2D eigenvalue weighted by Gasteiger charge is 2.06. The maximum absolute atomic E-state index is 11.5. The Kier molecular flexibility index (Phi) is 4.13. The third-order valence-electron chi connectivity index (χ3n) is 4.55. The van der Waals surface area contributed by atoms with Crippen molar-refractivity contribution in [1.82, 2.24) is 0 Å². The minimum Gasteiger partial charge on any atom is -0.381 e. The molecule has 1 N–H and O–H groups in total. The molecule has 4 rings (SSSR count). The molecule has 26 heavy (non-hydrogen) atoms. The summed E-state index contributed by atoms with van der Waals surface area (Å²) in [5.41, 5.74) is 2.08. The van der Waals surface area contributed by atoms with Crippen LogP contribution >= 0.6 is 0 Å². The fourth-order valence-corrected chi connectivity index (χ4v) is 3.74. The van der Waals surface area contributed by atoms with E-state index >= 15 is 0 Å². The van der Waals surface area contributed by atoms with Gasteiger partial charge in [0, 0.05) is 18.5 Å². The molecule has 0 atom stereocenters. The van der Waals surface area contributed by atoms with Crippen LogP contribution in [0.25, 0.3) is 21.5 Å². The summed E-state index contributed by atoms with van der Waals surface area (Å²) in [6.07, 6.45) is 1.22. The van der Waals surface area contributed by atoms with Crippen molar-refractivity contribution in [3.8, 4) is 0 Å². The number of rotatable bonds is 4. The molecule has 4 heteroatoms. The van der Waals surface area contributed by atoms with Crippen LogP contribution in [0.1, 0.15) is 5.56 Å². The number of sulfone groups is 1. The van der Waals surface area contributed by atoms with E-state index in [-0.39, 0.29) is 0 Å². The second-order valence-electron chi connectivity index (χ2n) is 6.53. The third kappa shape index (κ3) is 3.41. The van der Waals surface area contributed by atoms with E-state index in [0.717, 1.165) is 11.3 Å². The standard InChI is InChI=1S/C22H19NO2S/c1-26(24,25)22-10-6-16(7-11-22)15-23-21-9-8-19-12-17-4-2-3-5-18(17)13-20(19)14-21/h2-14,23H,15H2,1H3. The zero-order chi connectivity index (χ0) is 18.1. The maximum Gasteiger partial charge on any atom is 0.175 e. The first-order chi connectivity index (χ1) is 12.5. The van der Waals surface area contributed by atoms with Gasteiger partial charge < -0.3 is 5.32 Å². The summed E-state index contributed by atoms with van der Waals surface area (Å²) in [7, 11) is -3.15. The Bertz CT molecular complexity index is 1200. The molecule has 0 radical (unpaired) electrons. The molecule has 4 aromatic carbocycles. The van der Waals surface area contributed by atoms with E-state index in [1.165, 1.54) is 27.8 Å². The van der Waals surface area contributed by atoms with E-state index < -0.39 is 9.84 Å². The van der Waals surface area contributed by atoms with Crippen LogP contribution in [-0.4, -0.2) is 14.7 Å². The number of nitrogens with one attached hydrogen (secondary N) is 1. The lowest BCUT2D eigenvalue weighted by Crippen LogP contribution is -2.01. The molecule has 0 amide bonds. The first-order valence-electron chi connectivity index (χ1n) is 8.44. The normalized spacial score (nSPS) is 11.7. The summed E-state index contributed by atoms with van der Waals surface area (Å²) in [5.74, 6) is 0. The van der Waals surface area contributed by atoms with Gasteiger partial charge in [-0.3, -0.25) is 0 Å². The topological polar surface area (TPSA) is 46.2 Å². The fraction of sp³-hybridized carbons (Fsp3) is 0.0909. The Morgan fingerprint density at radius 1 is 0.731 bits per heavy atom. The average molecular weight is 361 g/mol. The largest absolute Gasteiger partial charge is 0.381 e. The lowest BCUT2D eigenvalue weighted by atomic mass is 10.0. The summed E-state index contributed by atoms with van der Waals surface area (Å²) >= 11 is 0. The summed E-state index contributed by atoms with van der Waals surface area (Å²) in [6.45, 7) is 0.642. The minimum atomic E-state index is -3.15. The molecule has 0 aliphatic heterocycles. The molecule has 0 aliphatic rings. The van der Waals surface area contributed by atoms with Crippen molar-refractivity contribution in [2.45, 2.75) is 11.4 Å². The van der Waals surface area contributed by atoms with Crippen LogP contribution in [0.4, 0.5) is 5.69 Å². The van der Waals surface area contributed by atoms with Crippen molar-refractivity contribution in [3.63, 3.8) is 0 Å². The van der Waals surface area contributed by atoms with Crippen LogP contribution in [0.2, 0.25) is 0 Å². The molecule has 0 fully saturated rings. The van der Waals surface area contributed by atoms with E-state index in [1.807, 2.05) is 12.1 Å². The van der Waals surface area contributed by atoms with E-state index in [4.69, 9.17) is 0 Å². The first kappa shape index (κ1) is 16.6. The third-order valence-corrected chi connectivity index (χ3v) is 5.68. The number of anilines is 1. The van der Waals surface area contributed by atoms with Gasteiger partial charge in [-0.25, -0.2) is 8.42 Å². The smallest absolute Gasteiger partial charge is 0.175 e. The molecule has 130 valence electrons. The van der Waals surface area contributed by atoms with E-state index in [1.54, 1.807) is 12.1 Å². The number of fused-ring (bicyclic) bond motifs is 2.